The van der Waals surface area contributed by atoms with E-state index in [2.05, 4.69) is 12.1 Å². The van der Waals surface area contributed by atoms with Gasteiger partial charge in [-0.15, -0.1) is 0 Å². The van der Waals surface area contributed by atoms with E-state index in [-0.39, 0.29) is 24.0 Å². The summed E-state index contributed by atoms with van der Waals surface area (Å²) in [7, 11) is 0. The van der Waals surface area contributed by atoms with Gasteiger partial charge in [0.1, 0.15) is 0 Å². The molecule has 2 aromatic rings. The van der Waals surface area contributed by atoms with Crippen molar-refractivity contribution in [3.8, 4) is 0 Å². The van der Waals surface area contributed by atoms with Gasteiger partial charge < -0.3 is 14.7 Å². The Kier molecular flexibility index (Phi) is 6.60. The molecule has 2 aromatic carbocycles. The van der Waals surface area contributed by atoms with E-state index in [9.17, 15) is 9.59 Å². The van der Waals surface area contributed by atoms with Gasteiger partial charge in [-0.05, 0) is 42.5 Å². The zero-order valence-electron chi connectivity index (χ0n) is 15.3. The third-order valence-electron chi connectivity index (χ3n) is 4.83. The number of carbonyl (C=O) groups excluding carboxylic acids is 1. The molecule has 1 aliphatic rings. The number of aromatic carboxylic acids is 1. The number of carboxylic acids is 1. The predicted octanol–water partition coefficient (Wildman–Crippen LogP) is 3.18. The van der Waals surface area contributed by atoms with E-state index in [1.54, 1.807) is 18.2 Å². The van der Waals surface area contributed by atoms with Crippen LogP contribution in [0.2, 0.25) is 0 Å². The number of benzene rings is 2. The topological polar surface area (TPSA) is 66.8 Å². The Hall–Kier alpha value is -2.66. The van der Waals surface area contributed by atoms with Crippen LogP contribution in [-0.4, -0.2) is 47.7 Å². The second-order valence-electron chi connectivity index (χ2n) is 6.89. The van der Waals surface area contributed by atoms with Crippen LogP contribution >= 0.6 is 0 Å². The minimum absolute atomic E-state index is 0.0212. The molecule has 0 bridgehead atoms. The maximum atomic E-state index is 12.5. The fraction of sp³-hybridized carbons (Fsp3) is 0.364. The van der Waals surface area contributed by atoms with Gasteiger partial charge in [0.15, 0.2) is 0 Å². The quantitative estimate of drug-likeness (QED) is 0.728. The van der Waals surface area contributed by atoms with E-state index in [1.807, 2.05) is 23.1 Å². The van der Waals surface area contributed by atoms with Gasteiger partial charge in [0, 0.05) is 19.7 Å². The molecular formula is C22H25NO4. The Morgan fingerprint density at radius 2 is 1.85 bits per heavy atom. The second kappa shape index (κ2) is 9.33. The molecule has 1 amide bonds. The molecule has 0 spiro atoms. The van der Waals surface area contributed by atoms with Crippen molar-refractivity contribution in [2.45, 2.75) is 31.8 Å². The smallest absolute Gasteiger partial charge is 0.335 e. The first kappa shape index (κ1) is 19.1. The van der Waals surface area contributed by atoms with E-state index < -0.39 is 5.97 Å². The van der Waals surface area contributed by atoms with Crippen LogP contribution < -0.4 is 0 Å². The molecule has 1 unspecified atom stereocenters. The summed E-state index contributed by atoms with van der Waals surface area (Å²) >= 11 is 0. The Balaban J connectivity index is 1.40. The molecule has 0 radical (unpaired) electrons. The predicted molar refractivity (Wildman–Crippen MR) is 103 cm³/mol. The molecule has 5 nitrogen and oxygen atoms in total. The van der Waals surface area contributed by atoms with Gasteiger partial charge in [0.05, 0.1) is 18.1 Å². The highest BCUT2D eigenvalue weighted by Gasteiger charge is 2.26. The van der Waals surface area contributed by atoms with Crippen LogP contribution in [0.3, 0.4) is 0 Å². The first-order valence-electron chi connectivity index (χ1n) is 9.37. The molecule has 1 fully saturated rings. The van der Waals surface area contributed by atoms with Crippen molar-refractivity contribution in [1.82, 2.24) is 4.90 Å². The number of carbonyl (C=O) groups is 2. The zero-order valence-corrected chi connectivity index (χ0v) is 15.3. The minimum atomic E-state index is -0.977. The van der Waals surface area contributed by atoms with Crippen molar-refractivity contribution < 1.29 is 19.4 Å². The molecule has 0 aromatic heterocycles. The van der Waals surface area contributed by atoms with E-state index in [4.69, 9.17) is 9.84 Å². The third-order valence-corrected chi connectivity index (χ3v) is 4.83. The summed E-state index contributed by atoms with van der Waals surface area (Å²) in [6.07, 6.45) is 3.13. The molecule has 0 saturated carbocycles. The first-order chi connectivity index (χ1) is 13.1. The van der Waals surface area contributed by atoms with Crippen molar-refractivity contribution in [1.29, 1.82) is 0 Å². The standard InChI is InChI=1S/C22H25NO4/c24-21(15-18-8-4-10-19(14-18)22(25)26)23-12-11-20(16-23)27-13-5-9-17-6-2-1-3-7-17/h1-4,6-8,10,14,20H,5,9,11-13,15-16H2,(H,25,26). The summed E-state index contributed by atoms with van der Waals surface area (Å²) in [6.45, 7) is 2.01. The molecule has 1 heterocycles. The van der Waals surface area contributed by atoms with Crippen LogP contribution in [-0.2, 0) is 22.4 Å². The second-order valence-corrected chi connectivity index (χ2v) is 6.89. The average molecular weight is 367 g/mol. The average Bonchev–Trinajstić information content (AvgIpc) is 3.15. The number of carboxylic acid groups (broad SMARTS) is 1. The largest absolute Gasteiger partial charge is 0.478 e. The van der Waals surface area contributed by atoms with Crippen LogP contribution in [0.25, 0.3) is 0 Å². The lowest BCUT2D eigenvalue weighted by atomic mass is 10.1. The fourth-order valence-corrected chi connectivity index (χ4v) is 3.36. The molecule has 1 aliphatic heterocycles. The number of amides is 1. The van der Waals surface area contributed by atoms with Crippen LogP contribution in [0.15, 0.2) is 54.6 Å². The lowest BCUT2D eigenvalue weighted by Gasteiger charge is -2.17. The summed E-state index contributed by atoms with van der Waals surface area (Å²) in [4.78, 5) is 25.3. The summed E-state index contributed by atoms with van der Waals surface area (Å²) < 4.78 is 5.93. The number of likely N-dealkylation sites (tertiary alicyclic amines) is 1. The Morgan fingerprint density at radius 3 is 2.63 bits per heavy atom. The highest BCUT2D eigenvalue weighted by atomic mass is 16.5. The van der Waals surface area contributed by atoms with Crippen LogP contribution in [0.4, 0.5) is 0 Å². The van der Waals surface area contributed by atoms with Gasteiger partial charge in [-0.1, -0.05) is 42.5 Å². The summed E-state index contributed by atoms with van der Waals surface area (Å²) in [5.74, 6) is -0.956. The molecule has 5 heteroatoms. The van der Waals surface area contributed by atoms with Gasteiger partial charge in [-0.25, -0.2) is 4.79 Å². The fourth-order valence-electron chi connectivity index (χ4n) is 3.36. The lowest BCUT2D eigenvalue weighted by molar-refractivity contribution is -0.129. The summed E-state index contributed by atoms with van der Waals surface area (Å²) in [5, 5.41) is 9.05. The summed E-state index contributed by atoms with van der Waals surface area (Å²) in [6, 6.07) is 16.9. The number of rotatable bonds is 8. The number of nitrogens with zero attached hydrogens (tertiary/aromatic N) is 1. The van der Waals surface area contributed by atoms with Crippen molar-refractivity contribution in [2.75, 3.05) is 19.7 Å². The number of aryl methyl sites for hydroxylation is 1. The van der Waals surface area contributed by atoms with E-state index >= 15 is 0 Å². The van der Waals surface area contributed by atoms with E-state index in [1.165, 1.54) is 11.6 Å². The molecule has 1 N–H and O–H groups in total. The maximum absolute atomic E-state index is 12.5. The van der Waals surface area contributed by atoms with Gasteiger partial charge in [-0.3, -0.25) is 4.79 Å². The monoisotopic (exact) mass is 367 g/mol. The van der Waals surface area contributed by atoms with Crippen molar-refractivity contribution in [2.24, 2.45) is 0 Å². The molecule has 142 valence electrons. The zero-order chi connectivity index (χ0) is 19.1. The number of hydrogen-bond donors (Lipinski definition) is 1. The molecule has 3 rings (SSSR count). The highest BCUT2D eigenvalue weighted by Crippen LogP contribution is 2.16. The summed E-state index contributed by atoms with van der Waals surface area (Å²) in [5.41, 5.74) is 2.25. The highest BCUT2D eigenvalue weighted by molar-refractivity contribution is 5.88. The molecule has 27 heavy (non-hydrogen) atoms. The first-order valence-corrected chi connectivity index (χ1v) is 9.37. The SMILES string of the molecule is O=C(O)c1cccc(CC(=O)N2CCC(OCCCc3ccccc3)C2)c1. The van der Waals surface area contributed by atoms with E-state index in [0.717, 1.165) is 24.8 Å². The Morgan fingerprint density at radius 1 is 1.07 bits per heavy atom. The Labute approximate surface area is 159 Å². The Bertz CT molecular complexity index is 775. The van der Waals surface area contributed by atoms with Crippen LogP contribution in [0.1, 0.15) is 34.3 Å². The van der Waals surface area contributed by atoms with Crippen molar-refractivity contribution in [3.63, 3.8) is 0 Å². The van der Waals surface area contributed by atoms with Crippen molar-refractivity contribution >= 4 is 11.9 Å². The number of hydrogen-bond acceptors (Lipinski definition) is 3. The van der Waals surface area contributed by atoms with Gasteiger partial charge in [-0.2, -0.15) is 0 Å². The van der Waals surface area contributed by atoms with Gasteiger partial charge >= 0.3 is 5.97 Å². The van der Waals surface area contributed by atoms with E-state index in [0.29, 0.717) is 19.7 Å². The third kappa shape index (κ3) is 5.66. The molecular weight excluding hydrogens is 342 g/mol. The molecule has 1 saturated heterocycles. The van der Waals surface area contributed by atoms with Crippen LogP contribution in [0.5, 0.6) is 0 Å². The normalized spacial score (nSPS) is 16.4. The number of ether oxygens (including phenoxy) is 1. The lowest BCUT2D eigenvalue weighted by Crippen LogP contribution is -2.31. The van der Waals surface area contributed by atoms with Crippen LogP contribution in [0, 0.1) is 0 Å². The van der Waals surface area contributed by atoms with Gasteiger partial charge in [0.2, 0.25) is 5.91 Å². The minimum Gasteiger partial charge on any atom is -0.478 e. The maximum Gasteiger partial charge on any atom is 0.335 e. The molecule has 0 aliphatic carbocycles. The van der Waals surface area contributed by atoms with Crippen molar-refractivity contribution in [3.05, 3.63) is 71.3 Å². The molecule has 1 atom stereocenters. The van der Waals surface area contributed by atoms with Gasteiger partial charge in [0.25, 0.3) is 0 Å².